The van der Waals surface area contributed by atoms with Crippen molar-refractivity contribution >= 4 is 34.4 Å². The fraction of sp³-hybridized carbons (Fsp3) is 0.273. The quantitative estimate of drug-likeness (QED) is 0.542. The highest BCUT2D eigenvalue weighted by molar-refractivity contribution is 7.08. The summed E-state index contributed by atoms with van der Waals surface area (Å²) in [5.41, 5.74) is 6.15. The highest BCUT2D eigenvalue weighted by atomic mass is 32.1. The van der Waals surface area contributed by atoms with Crippen molar-refractivity contribution in [2.45, 2.75) is 33.2 Å². The molecule has 4 aromatic rings. The third kappa shape index (κ3) is 3.13. The standard InChI is InChI=1S/C22H22N6OS/c1-13-10-14(2)20(15(3)11-13)27-8-6-17(22(27)29)23-18-4-5-19-24-25-21(28(19)26-18)16-7-9-30-12-16/h4-5,7,9-12,17H,6,8H2,1-3H3,(H,23,26). The Labute approximate surface area is 178 Å². The zero-order chi connectivity index (χ0) is 20.8. The average Bonchev–Trinajstić information content (AvgIpc) is 3.43. The van der Waals surface area contributed by atoms with Gasteiger partial charge in [0.1, 0.15) is 11.9 Å². The van der Waals surface area contributed by atoms with Gasteiger partial charge in [-0.05, 0) is 61.9 Å². The van der Waals surface area contributed by atoms with Crippen LogP contribution in [-0.4, -0.2) is 38.3 Å². The van der Waals surface area contributed by atoms with Gasteiger partial charge in [-0.15, -0.1) is 15.3 Å². The number of anilines is 2. The third-order valence-corrected chi connectivity index (χ3v) is 6.16. The molecule has 152 valence electrons. The van der Waals surface area contributed by atoms with E-state index < -0.39 is 0 Å². The predicted octanol–water partition coefficient (Wildman–Crippen LogP) is 4.00. The van der Waals surface area contributed by atoms with Gasteiger partial charge in [0.05, 0.1) is 0 Å². The van der Waals surface area contributed by atoms with E-state index in [1.54, 1.807) is 15.9 Å². The number of aromatic nitrogens is 4. The van der Waals surface area contributed by atoms with E-state index in [0.717, 1.165) is 28.8 Å². The summed E-state index contributed by atoms with van der Waals surface area (Å²) in [5.74, 6) is 1.41. The van der Waals surface area contributed by atoms with E-state index in [0.29, 0.717) is 23.8 Å². The van der Waals surface area contributed by atoms with Crippen molar-refractivity contribution in [2.24, 2.45) is 0 Å². The molecule has 7 nitrogen and oxygen atoms in total. The summed E-state index contributed by atoms with van der Waals surface area (Å²) in [6.45, 7) is 6.90. The molecule has 0 spiro atoms. The molecule has 1 aliphatic rings. The molecule has 0 radical (unpaired) electrons. The summed E-state index contributed by atoms with van der Waals surface area (Å²) in [5, 5.41) is 20.4. The van der Waals surface area contributed by atoms with Crippen LogP contribution in [0.2, 0.25) is 0 Å². The van der Waals surface area contributed by atoms with Gasteiger partial charge in [-0.2, -0.15) is 15.9 Å². The summed E-state index contributed by atoms with van der Waals surface area (Å²) in [4.78, 5) is 15.1. The minimum absolute atomic E-state index is 0.0776. The summed E-state index contributed by atoms with van der Waals surface area (Å²) < 4.78 is 1.72. The molecule has 1 atom stereocenters. The molecule has 1 amide bonds. The lowest BCUT2D eigenvalue weighted by atomic mass is 10.0. The van der Waals surface area contributed by atoms with E-state index in [-0.39, 0.29) is 11.9 Å². The fourth-order valence-corrected chi connectivity index (χ4v) is 4.88. The predicted molar refractivity (Wildman–Crippen MR) is 119 cm³/mol. The Morgan fingerprint density at radius 1 is 1.10 bits per heavy atom. The molecule has 1 fully saturated rings. The summed E-state index contributed by atoms with van der Waals surface area (Å²) in [6.07, 6.45) is 0.727. The van der Waals surface area contributed by atoms with Gasteiger partial charge in [0.15, 0.2) is 11.5 Å². The van der Waals surface area contributed by atoms with Crippen molar-refractivity contribution < 1.29 is 4.79 Å². The van der Waals surface area contributed by atoms with Crippen LogP contribution >= 0.6 is 11.3 Å². The topological polar surface area (TPSA) is 75.4 Å². The molecule has 0 bridgehead atoms. The molecule has 3 aromatic heterocycles. The summed E-state index contributed by atoms with van der Waals surface area (Å²) >= 11 is 1.60. The van der Waals surface area contributed by atoms with Crippen molar-refractivity contribution in [2.75, 3.05) is 16.8 Å². The SMILES string of the molecule is Cc1cc(C)c(N2CCC(Nc3ccc4nnc(-c5ccsc5)n4n3)C2=O)c(C)c1. The Bertz CT molecular complexity index is 1220. The largest absolute Gasteiger partial charge is 0.357 e. The smallest absolute Gasteiger partial charge is 0.249 e. The molecule has 1 aliphatic heterocycles. The number of benzene rings is 1. The maximum absolute atomic E-state index is 13.2. The van der Waals surface area contributed by atoms with Gasteiger partial charge in [-0.1, -0.05) is 17.7 Å². The lowest BCUT2D eigenvalue weighted by Crippen LogP contribution is -2.34. The second kappa shape index (κ2) is 7.21. The first kappa shape index (κ1) is 18.7. The first-order valence-electron chi connectivity index (χ1n) is 9.92. The molecule has 0 saturated carbocycles. The van der Waals surface area contributed by atoms with Crippen LogP contribution in [0.3, 0.4) is 0 Å². The normalized spacial score (nSPS) is 16.6. The molecular formula is C22H22N6OS. The van der Waals surface area contributed by atoms with E-state index in [1.165, 1.54) is 5.56 Å². The van der Waals surface area contributed by atoms with Crippen molar-refractivity contribution in [3.8, 4) is 11.4 Å². The molecule has 1 aromatic carbocycles. The molecule has 1 N–H and O–H groups in total. The number of carbonyl (C=O) groups is 1. The Morgan fingerprint density at radius 3 is 2.63 bits per heavy atom. The molecule has 8 heteroatoms. The maximum Gasteiger partial charge on any atom is 0.249 e. The Morgan fingerprint density at radius 2 is 1.90 bits per heavy atom. The molecular weight excluding hydrogens is 396 g/mol. The first-order chi connectivity index (χ1) is 14.5. The lowest BCUT2D eigenvalue weighted by Gasteiger charge is -2.22. The lowest BCUT2D eigenvalue weighted by molar-refractivity contribution is -0.117. The van der Waals surface area contributed by atoms with Gasteiger partial charge in [0.25, 0.3) is 0 Å². The van der Waals surface area contributed by atoms with Gasteiger partial charge in [0, 0.05) is 23.2 Å². The van der Waals surface area contributed by atoms with Crippen LogP contribution in [-0.2, 0) is 4.79 Å². The number of thiophene rings is 1. The van der Waals surface area contributed by atoms with E-state index in [9.17, 15) is 4.79 Å². The Balaban J connectivity index is 1.41. The molecule has 1 saturated heterocycles. The van der Waals surface area contributed by atoms with Crippen LogP contribution in [0.15, 0.2) is 41.1 Å². The van der Waals surface area contributed by atoms with Crippen LogP contribution in [0.1, 0.15) is 23.1 Å². The molecule has 1 unspecified atom stereocenters. The Kier molecular flexibility index (Phi) is 4.51. The highest BCUT2D eigenvalue weighted by Gasteiger charge is 2.34. The zero-order valence-corrected chi connectivity index (χ0v) is 17.9. The highest BCUT2D eigenvalue weighted by Crippen LogP contribution is 2.31. The van der Waals surface area contributed by atoms with Gasteiger partial charge < -0.3 is 10.2 Å². The van der Waals surface area contributed by atoms with E-state index in [1.807, 2.05) is 33.9 Å². The van der Waals surface area contributed by atoms with Crippen LogP contribution in [0.5, 0.6) is 0 Å². The van der Waals surface area contributed by atoms with Gasteiger partial charge >= 0.3 is 0 Å². The van der Waals surface area contributed by atoms with E-state index in [4.69, 9.17) is 0 Å². The van der Waals surface area contributed by atoms with Gasteiger partial charge in [0.2, 0.25) is 5.91 Å². The van der Waals surface area contributed by atoms with Crippen LogP contribution in [0, 0.1) is 20.8 Å². The van der Waals surface area contributed by atoms with Crippen molar-refractivity contribution in [1.29, 1.82) is 0 Å². The minimum Gasteiger partial charge on any atom is -0.357 e. The van der Waals surface area contributed by atoms with Gasteiger partial charge in [-0.25, -0.2) is 0 Å². The van der Waals surface area contributed by atoms with E-state index in [2.05, 4.69) is 53.5 Å². The number of amides is 1. The summed E-state index contributed by atoms with van der Waals surface area (Å²) in [6, 6.07) is 9.65. The average molecular weight is 419 g/mol. The number of aryl methyl sites for hydroxylation is 3. The summed E-state index contributed by atoms with van der Waals surface area (Å²) in [7, 11) is 0. The number of hydrogen-bond acceptors (Lipinski definition) is 6. The van der Waals surface area contributed by atoms with Crippen molar-refractivity contribution in [3.63, 3.8) is 0 Å². The van der Waals surface area contributed by atoms with Gasteiger partial charge in [-0.3, -0.25) is 4.79 Å². The maximum atomic E-state index is 13.2. The first-order valence-corrected chi connectivity index (χ1v) is 10.9. The fourth-order valence-electron chi connectivity index (χ4n) is 4.25. The zero-order valence-electron chi connectivity index (χ0n) is 17.1. The number of nitrogens with one attached hydrogen (secondary N) is 1. The molecule has 4 heterocycles. The number of nitrogens with zero attached hydrogens (tertiary/aromatic N) is 5. The molecule has 5 rings (SSSR count). The molecule has 0 aliphatic carbocycles. The van der Waals surface area contributed by atoms with Crippen LogP contribution in [0.4, 0.5) is 11.5 Å². The third-order valence-electron chi connectivity index (χ3n) is 5.48. The van der Waals surface area contributed by atoms with E-state index >= 15 is 0 Å². The number of hydrogen-bond donors (Lipinski definition) is 1. The minimum atomic E-state index is -0.309. The van der Waals surface area contributed by atoms with Crippen LogP contribution in [0.25, 0.3) is 17.0 Å². The number of rotatable bonds is 4. The second-order valence-corrected chi connectivity index (χ2v) is 8.53. The number of carbonyl (C=O) groups excluding carboxylic acids is 1. The monoisotopic (exact) mass is 418 g/mol. The Hall–Kier alpha value is -3.26. The second-order valence-electron chi connectivity index (χ2n) is 7.75. The van der Waals surface area contributed by atoms with Crippen molar-refractivity contribution in [3.05, 3.63) is 57.8 Å². The molecule has 30 heavy (non-hydrogen) atoms. The van der Waals surface area contributed by atoms with Crippen molar-refractivity contribution in [1.82, 2.24) is 19.8 Å². The number of fused-ring (bicyclic) bond motifs is 1. The van der Waals surface area contributed by atoms with Crippen LogP contribution < -0.4 is 10.2 Å².